The van der Waals surface area contributed by atoms with Crippen molar-refractivity contribution in [1.29, 1.82) is 0 Å². The highest BCUT2D eigenvalue weighted by atomic mass is 79.9. The number of rotatable bonds is 4. The summed E-state index contributed by atoms with van der Waals surface area (Å²) in [5.41, 5.74) is 1.95. The molecule has 1 unspecified atom stereocenters. The zero-order valence-electron chi connectivity index (χ0n) is 13.9. The molecule has 0 amide bonds. The maximum absolute atomic E-state index is 4.62. The van der Waals surface area contributed by atoms with Crippen LogP contribution >= 0.6 is 15.9 Å². The highest BCUT2D eigenvalue weighted by molar-refractivity contribution is 9.10. The van der Waals surface area contributed by atoms with Crippen LogP contribution in [0.4, 0.5) is 0 Å². The van der Waals surface area contributed by atoms with E-state index < -0.39 is 0 Å². The number of fused-ring (bicyclic) bond motifs is 1. The molecule has 3 heterocycles. The average Bonchev–Trinajstić information content (AvgIpc) is 3.19. The van der Waals surface area contributed by atoms with Crippen molar-refractivity contribution >= 4 is 27.5 Å². The Morgan fingerprint density at radius 2 is 2.21 bits per heavy atom. The van der Waals surface area contributed by atoms with Crippen molar-refractivity contribution in [1.82, 2.24) is 24.9 Å². The van der Waals surface area contributed by atoms with Gasteiger partial charge in [0, 0.05) is 49.1 Å². The number of likely N-dealkylation sites (tertiary alicyclic amines) is 1. The minimum absolute atomic E-state index is 0.494. The second kappa shape index (κ2) is 6.72. The molecule has 0 bridgehead atoms. The molecule has 0 aromatic carbocycles. The standard InChI is InChI=1S/C17H23BrN6/c1-19-17(22-13-6-7-23(10-13)15-3-4-15)20-8-14-11-24-9-12(18)2-5-16(24)21-14/h2,5,9,11,13,15H,3-4,6-8,10H2,1H3,(H2,19,20,22). The minimum Gasteiger partial charge on any atom is -0.352 e. The Bertz CT molecular complexity index is 751. The summed E-state index contributed by atoms with van der Waals surface area (Å²) in [6.45, 7) is 3.01. The lowest BCUT2D eigenvalue weighted by atomic mass is 10.3. The molecule has 2 aromatic rings. The second-order valence-corrected chi connectivity index (χ2v) is 7.54. The summed E-state index contributed by atoms with van der Waals surface area (Å²) in [4.78, 5) is 11.6. The van der Waals surface area contributed by atoms with Gasteiger partial charge >= 0.3 is 0 Å². The van der Waals surface area contributed by atoms with Gasteiger partial charge in [0.05, 0.1) is 12.2 Å². The summed E-state index contributed by atoms with van der Waals surface area (Å²) in [7, 11) is 1.82. The molecule has 1 saturated heterocycles. The maximum atomic E-state index is 4.62. The molecule has 2 N–H and O–H groups in total. The number of guanidine groups is 1. The third-order valence-electron chi connectivity index (χ3n) is 4.75. The van der Waals surface area contributed by atoms with Crippen molar-refractivity contribution in [3.05, 3.63) is 34.7 Å². The van der Waals surface area contributed by atoms with Gasteiger partial charge < -0.3 is 15.0 Å². The quantitative estimate of drug-likeness (QED) is 0.619. The first-order chi connectivity index (χ1) is 11.7. The fraction of sp³-hybridized carbons (Fsp3) is 0.529. The zero-order chi connectivity index (χ0) is 16.5. The fourth-order valence-corrected chi connectivity index (χ4v) is 3.69. The van der Waals surface area contributed by atoms with E-state index in [1.54, 1.807) is 0 Å². The summed E-state index contributed by atoms with van der Waals surface area (Å²) < 4.78 is 3.08. The van der Waals surface area contributed by atoms with Crippen molar-refractivity contribution in [2.45, 2.75) is 37.9 Å². The lowest BCUT2D eigenvalue weighted by Crippen LogP contribution is -2.44. The van der Waals surface area contributed by atoms with Crippen molar-refractivity contribution in [2.24, 2.45) is 4.99 Å². The van der Waals surface area contributed by atoms with E-state index in [1.165, 1.54) is 25.8 Å². The molecule has 128 valence electrons. The van der Waals surface area contributed by atoms with Crippen LogP contribution in [0.5, 0.6) is 0 Å². The van der Waals surface area contributed by atoms with Gasteiger partial charge in [0.1, 0.15) is 5.65 Å². The summed E-state index contributed by atoms with van der Waals surface area (Å²) in [5.74, 6) is 0.857. The van der Waals surface area contributed by atoms with Crippen LogP contribution in [0.15, 0.2) is 34.0 Å². The minimum atomic E-state index is 0.494. The SMILES string of the molecule is CN=C(NCc1cn2cc(Br)ccc2n1)NC1CCN(C2CC2)C1. The number of aliphatic imine (C=N–C) groups is 1. The van der Waals surface area contributed by atoms with Crippen LogP contribution in [0.25, 0.3) is 5.65 Å². The third kappa shape index (κ3) is 3.57. The van der Waals surface area contributed by atoms with Gasteiger partial charge in [0.25, 0.3) is 0 Å². The number of nitrogens with one attached hydrogen (secondary N) is 2. The first-order valence-electron chi connectivity index (χ1n) is 8.55. The fourth-order valence-electron chi connectivity index (χ4n) is 3.34. The van der Waals surface area contributed by atoms with E-state index in [1.807, 2.05) is 36.0 Å². The first kappa shape index (κ1) is 15.9. The van der Waals surface area contributed by atoms with Crippen LogP contribution < -0.4 is 10.6 Å². The van der Waals surface area contributed by atoms with Gasteiger partial charge in [-0.1, -0.05) is 0 Å². The molecular weight excluding hydrogens is 368 g/mol. The summed E-state index contributed by atoms with van der Waals surface area (Å²) in [6.07, 6.45) is 8.02. The van der Waals surface area contributed by atoms with Crippen LogP contribution in [0, 0.1) is 0 Å². The second-order valence-electron chi connectivity index (χ2n) is 6.63. The van der Waals surface area contributed by atoms with Crippen molar-refractivity contribution in [2.75, 3.05) is 20.1 Å². The Morgan fingerprint density at radius 1 is 1.33 bits per heavy atom. The van der Waals surface area contributed by atoms with E-state index in [2.05, 4.69) is 41.4 Å². The molecule has 1 atom stereocenters. The molecule has 7 heteroatoms. The first-order valence-corrected chi connectivity index (χ1v) is 9.35. The van der Waals surface area contributed by atoms with Gasteiger partial charge in [-0.15, -0.1) is 0 Å². The Labute approximate surface area is 150 Å². The molecule has 6 nitrogen and oxygen atoms in total. The average molecular weight is 391 g/mol. The van der Waals surface area contributed by atoms with Crippen LogP contribution in [-0.4, -0.2) is 52.5 Å². The van der Waals surface area contributed by atoms with Crippen LogP contribution in [0.3, 0.4) is 0 Å². The van der Waals surface area contributed by atoms with Gasteiger partial charge in [0.15, 0.2) is 5.96 Å². The number of nitrogens with zero attached hydrogens (tertiary/aromatic N) is 4. The monoisotopic (exact) mass is 390 g/mol. The third-order valence-corrected chi connectivity index (χ3v) is 5.22. The van der Waals surface area contributed by atoms with Gasteiger partial charge in [-0.05, 0) is 47.3 Å². The zero-order valence-corrected chi connectivity index (χ0v) is 15.5. The predicted octanol–water partition coefficient (Wildman–Crippen LogP) is 2.00. The van der Waals surface area contributed by atoms with Gasteiger partial charge in [0.2, 0.25) is 0 Å². The van der Waals surface area contributed by atoms with Crippen LogP contribution in [0.2, 0.25) is 0 Å². The summed E-state index contributed by atoms with van der Waals surface area (Å²) in [6, 6.07) is 5.36. The highest BCUT2D eigenvalue weighted by Gasteiger charge is 2.34. The van der Waals surface area contributed by atoms with Gasteiger partial charge in [-0.2, -0.15) is 0 Å². The van der Waals surface area contributed by atoms with Crippen molar-refractivity contribution in [3.8, 4) is 0 Å². The smallest absolute Gasteiger partial charge is 0.191 e. The van der Waals surface area contributed by atoms with Crippen LogP contribution in [-0.2, 0) is 6.54 Å². The molecule has 0 spiro atoms. The number of pyridine rings is 1. The molecular formula is C17H23BrN6. The molecule has 24 heavy (non-hydrogen) atoms. The lowest BCUT2D eigenvalue weighted by molar-refractivity contribution is 0.321. The van der Waals surface area contributed by atoms with Gasteiger partial charge in [-0.25, -0.2) is 4.98 Å². The van der Waals surface area contributed by atoms with Crippen molar-refractivity contribution < 1.29 is 0 Å². The normalized spacial score (nSPS) is 22.2. The summed E-state index contributed by atoms with van der Waals surface area (Å²) >= 11 is 3.49. The molecule has 0 radical (unpaired) electrons. The lowest BCUT2D eigenvalue weighted by Gasteiger charge is -2.18. The molecule has 2 aliphatic rings. The Hall–Kier alpha value is -1.60. The van der Waals surface area contributed by atoms with E-state index in [0.717, 1.165) is 34.4 Å². The maximum Gasteiger partial charge on any atom is 0.191 e. The number of hydrogen-bond donors (Lipinski definition) is 2. The number of imidazole rings is 1. The van der Waals surface area contributed by atoms with E-state index in [-0.39, 0.29) is 0 Å². The number of halogens is 1. The Balaban J connectivity index is 1.32. The van der Waals surface area contributed by atoms with Crippen LogP contribution in [0.1, 0.15) is 25.0 Å². The molecule has 2 aromatic heterocycles. The number of aromatic nitrogens is 2. The Morgan fingerprint density at radius 3 is 3.00 bits per heavy atom. The number of hydrogen-bond acceptors (Lipinski definition) is 3. The van der Waals surface area contributed by atoms with E-state index in [0.29, 0.717) is 12.6 Å². The summed E-state index contributed by atoms with van der Waals surface area (Å²) in [5, 5.41) is 6.93. The van der Waals surface area contributed by atoms with E-state index >= 15 is 0 Å². The molecule has 2 fully saturated rings. The topological polar surface area (TPSA) is 57.0 Å². The van der Waals surface area contributed by atoms with Crippen molar-refractivity contribution in [3.63, 3.8) is 0 Å². The van der Waals surface area contributed by atoms with E-state index in [9.17, 15) is 0 Å². The molecule has 1 saturated carbocycles. The van der Waals surface area contributed by atoms with Gasteiger partial charge in [-0.3, -0.25) is 9.89 Å². The molecule has 1 aliphatic heterocycles. The predicted molar refractivity (Wildman–Crippen MR) is 99.2 cm³/mol. The highest BCUT2D eigenvalue weighted by Crippen LogP contribution is 2.29. The largest absolute Gasteiger partial charge is 0.352 e. The Kier molecular flexibility index (Phi) is 4.45. The van der Waals surface area contributed by atoms with E-state index in [4.69, 9.17) is 0 Å². The molecule has 4 rings (SSSR count). The molecule has 1 aliphatic carbocycles.